The van der Waals surface area contributed by atoms with Crippen LogP contribution in [0.3, 0.4) is 0 Å². The topological polar surface area (TPSA) is 38.3 Å². The van der Waals surface area contributed by atoms with Crippen molar-refractivity contribution in [3.05, 3.63) is 60.2 Å². The van der Waals surface area contributed by atoms with Crippen LogP contribution in [0, 0.1) is 0 Å². The second-order valence-electron chi connectivity index (χ2n) is 4.35. The van der Waals surface area contributed by atoms with Gasteiger partial charge in [-0.1, -0.05) is 30.3 Å². The fourth-order valence-corrected chi connectivity index (χ4v) is 1.89. The molecule has 4 heteroatoms. The molecule has 0 atom stereocenters. The molecule has 0 aliphatic heterocycles. The summed E-state index contributed by atoms with van der Waals surface area (Å²) in [4.78, 5) is 12.6. The maximum atomic E-state index is 11.7. The SMILES string of the molecule is O=C(Cc1ccc(S)cc1)NCCOc1ccccc1. The zero-order chi connectivity index (χ0) is 14.2. The first kappa shape index (κ1) is 14.5. The first-order valence-electron chi connectivity index (χ1n) is 6.46. The Morgan fingerprint density at radius 3 is 2.45 bits per heavy atom. The van der Waals surface area contributed by atoms with Crippen molar-refractivity contribution in [2.24, 2.45) is 0 Å². The Bertz CT molecular complexity index is 540. The van der Waals surface area contributed by atoms with Gasteiger partial charge in [-0.15, -0.1) is 12.6 Å². The monoisotopic (exact) mass is 287 g/mol. The summed E-state index contributed by atoms with van der Waals surface area (Å²) in [5.41, 5.74) is 0.976. The molecule has 2 rings (SSSR count). The van der Waals surface area contributed by atoms with Gasteiger partial charge in [0.25, 0.3) is 0 Å². The number of hydrogen-bond acceptors (Lipinski definition) is 3. The molecule has 0 fully saturated rings. The number of amides is 1. The van der Waals surface area contributed by atoms with Gasteiger partial charge >= 0.3 is 0 Å². The van der Waals surface area contributed by atoms with Gasteiger partial charge in [-0.05, 0) is 29.8 Å². The van der Waals surface area contributed by atoms with Crippen molar-refractivity contribution in [2.75, 3.05) is 13.2 Å². The van der Waals surface area contributed by atoms with Crippen LogP contribution in [0.4, 0.5) is 0 Å². The molecule has 0 aliphatic carbocycles. The molecule has 0 saturated carbocycles. The van der Waals surface area contributed by atoms with E-state index in [0.29, 0.717) is 19.6 Å². The number of ether oxygens (including phenoxy) is 1. The van der Waals surface area contributed by atoms with Gasteiger partial charge in [-0.3, -0.25) is 4.79 Å². The van der Waals surface area contributed by atoms with Crippen LogP contribution in [0.15, 0.2) is 59.5 Å². The van der Waals surface area contributed by atoms with Crippen LogP contribution in [0.5, 0.6) is 5.75 Å². The van der Waals surface area contributed by atoms with Crippen molar-refractivity contribution in [3.8, 4) is 5.75 Å². The summed E-state index contributed by atoms with van der Waals surface area (Å²) in [6, 6.07) is 17.1. The second kappa shape index (κ2) is 7.60. The van der Waals surface area contributed by atoms with Crippen LogP contribution in [0.2, 0.25) is 0 Å². The van der Waals surface area contributed by atoms with E-state index in [1.807, 2.05) is 54.6 Å². The Morgan fingerprint density at radius 1 is 1.05 bits per heavy atom. The molecule has 2 aromatic rings. The summed E-state index contributed by atoms with van der Waals surface area (Å²) >= 11 is 4.21. The Kier molecular flexibility index (Phi) is 5.50. The number of rotatable bonds is 6. The number of thiol groups is 1. The van der Waals surface area contributed by atoms with Gasteiger partial charge in [-0.2, -0.15) is 0 Å². The fourth-order valence-electron chi connectivity index (χ4n) is 1.74. The van der Waals surface area contributed by atoms with Gasteiger partial charge in [0.05, 0.1) is 13.0 Å². The van der Waals surface area contributed by atoms with Gasteiger partial charge < -0.3 is 10.1 Å². The summed E-state index contributed by atoms with van der Waals surface area (Å²) in [6.45, 7) is 0.962. The standard InChI is InChI=1S/C16H17NO2S/c18-16(12-13-6-8-15(20)9-7-13)17-10-11-19-14-4-2-1-3-5-14/h1-9,20H,10-12H2,(H,17,18). The summed E-state index contributed by atoms with van der Waals surface area (Å²) in [7, 11) is 0. The first-order valence-corrected chi connectivity index (χ1v) is 6.91. The minimum atomic E-state index is -0.00595. The third-order valence-corrected chi connectivity index (χ3v) is 3.04. The maximum Gasteiger partial charge on any atom is 0.224 e. The van der Waals surface area contributed by atoms with Crippen LogP contribution < -0.4 is 10.1 Å². The summed E-state index contributed by atoms with van der Waals surface area (Å²) < 4.78 is 5.50. The van der Waals surface area contributed by atoms with E-state index in [2.05, 4.69) is 17.9 Å². The highest BCUT2D eigenvalue weighted by Gasteiger charge is 2.02. The van der Waals surface area contributed by atoms with E-state index in [1.165, 1.54) is 0 Å². The molecule has 1 amide bonds. The minimum absolute atomic E-state index is 0.00595. The quantitative estimate of drug-likeness (QED) is 0.633. The number of benzene rings is 2. The van der Waals surface area contributed by atoms with Gasteiger partial charge in [-0.25, -0.2) is 0 Å². The molecule has 20 heavy (non-hydrogen) atoms. The predicted octanol–water partition coefficient (Wildman–Crippen LogP) is 2.71. The van der Waals surface area contributed by atoms with E-state index in [0.717, 1.165) is 16.2 Å². The van der Waals surface area contributed by atoms with Gasteiger partial charge in [0.2, 0.25) is 5.91 Å². The lowest BCUT2D eigenvalue weighted by Crippen LogP contribution is -2.29. The zero-order valence-electron chi connectivity index (χ0n) is 11.1. The smallest absolute Gasteiger partial charge is 0.224 e. The lowest BCUT2D eigenvalue weighted by Gasteiger charge is -2.07. The summed E-state index contributed by atoms with van der Waals surface area (Å²) in [5.74, 6) is 0.805. The van der Waals surface area contributed by atoms with E-state index in [-0.39, 0.29) is 5.91 Å². The molecular formula is C16H17NO2S. The molecule has 0 unspecified atom stereocenters. The van der Waals surface area contributed by atoms with Gasteiger partial charge in [0.15, 0.2) is 0 Å². The molecule has 2 aromatic carbocycles. The molecule has 0 radical (unpaired) electrons. The van der Waals surface area contributed by atoms with E-state index in [1.54, 1.807) is 0 Å². The molecule has 3 nitrogen and oxygen atoms in total. The van der Waals surface area contributed by atoms with Crippen LogP contribution >= 0.6 is 12.6 Å². The minimum Gasteiger partial charge on any atom is -0.492 e. The lowest BCUT2D eigenvalue weighted by molar-refractivity contribution is -0.120. The maximum absolute atomic E-state index is 11.7. The molecule has 0 saturated heterocycles. The van der Waals surface area contributed by atoms with Crippen molar-refractivity contribution in [3.63, 3.8) is 0 Å². The van der Waals surface area contributed by atoms with Crippen LogP contribution in [0.1, 0.15) is 5.56 Å². The number of nitrogens with one attached hydrogen (secondary N) is 1. The lowest BCUT2D eigenvalue weighted by atomic mass is 10.1. The van der Waals surface area contributed by atoms with E-state index in [9.17, 15) is 4.79 Å². The van der Waals surface area contributed by atoms with Crippen LogP contribution in [-0.2, 0) is 11.2 Å². The number of para-hydroxylation sites is 1. The molecule has 104 valence electrons. The van der Waals surface area contributed by atoms with E-state index in [4.69, 9.17) is 4.74 Å². The third-order valence-electron chi connectivity index (χ3n) is 2.74. The predicted molar refractivity (Wildman–Crippen MR) is 82.3 cm³/mol. The number of hydrogen-bond donors (Lipinski definition) is 2. The normalized spacial score (nSPS) is 10.1. The third kappa shape index (κ3) is 4.97. The second-order valence-corrected chi connectivity index (χ2v) is 4.87. The van der Waals surface area contributed by atoms with Crippen molar-refractivity contribution >= 4 is 18.5 Å². The van der Waals surface area contributed by atoms with E-state index >= 15 is 0 Å². The van der Waals surface area contributed by atoms with Crippen molar-refractivity contribution in [1.82, 2.24) is 5.32 Å². The molecule has 1 N–H and O–H groups in total. The molecule has 0 aliphatic rings. The molecule has 0 spiro atoms. The zero-order valence-corrected chi connectivity index (χ0v) is 12.0. The molecule has 0 heterocycles. The Hall–Kier alpha value is -1.94. The molecule has 0 aromatic heterocycles. The Balaban J connectivity index is 1.66. The highest BCUT2D eigenvalue weighted by molar-refractivity contribution is 7.80. The highest BCUT2D eigenvalue weighted by Crippen LogP contribution is 2.08. The average Bonchev–Trinajstić information content (AvgIpc) is 2.47. The van der Waals surface area contributed by atoms with Gasteiger partial charge in [0, 0.05) is 4.90 Å². The largest absolute Gasteiger partial charge is 0.492 e. The van der Waals surface area contributed by atoms with Crippen LogP contribution in [-0.4, -0.2) is 19.1 Å². The number of carbonyl (C=O) groups is 1. The highest BCUT2D eigenvalue weighted by atomic mass is 32.1. The summed E-state index contributed by atoms with van der Waals surface area (Å²) in [6.07, 6.45) is 0.374. The van der Waals surface area contributed by atoms with Gasteiger partial charge in [0.1, 0.15) is 12.4 Å². The van der Waals surface area contributed by atoms with Crippen molar-refractivity contribution in [2.45, 2.75) is 11.3 Å². The Labute approximate surface area is 124 Å². The molecular weight excluding hydrogens is 270 g/mol. The average molecular weight is 287 g/mol. The van der Waals surface area contributed by atoms with Crippen LogP contribution in [0.25, 0.3) is 0 Å². The summed E-state index contributed by atoms with van der Waals surface area (Å²) in [5, 5.41) is 2.83. The van der Waals surface area contributed by atoms with Crippen molar-refractivity contribution < 1.29 is 9.53 Å². The van der Waals surface area contributed by atoms with E-state index < -0.39 is 0 Å². The number of carbonyl (C=O) groups excluding carboxylic acids is 1. The fraction of sp³-hybridized carbons (Fsp3) is 0.188. The van der Waals surface area contributed by atoms with Crippen molar-refractivity contribution in [1.29, 1.82) is 0 Å². The molecule has 0 bridgehead atoms. The first-order chi connectivity index (χ1) is 9.74. The Morgan fingerprint density at radius 2 is 1.75 bits per heavy atom.